The normalized spacial score (nSPS) is 13.8. The van der Waals surface area contributed by atoms with Gasteiger partial charge in [-0.1, -0.05) is 31.2 Å². The highest BCUT2D eigenvalue weighted by Crippen LogP contribution is 2.32. The number of para-hydroxylation sites is 1. The Morgan fingerprint density at radius 3 is 2.96 bits per heavy atom. The monoisotopic (exact) mass is 337 g/mol. The molecule has 1 aliphatic rings. The smallest absolute Gasteiger partial charge is 0.245 e. The van der Waals surface area contributed by atoms with Gasteiger partial charge < -0.3 is 14.8 Å². The average molecular weight is 337 g/mol. The van der Waals surface area contributed by atoms with Gasteiger partial charge in [-0.25, -0.2) is 0 Å². The van der Waals surface area contributed by atoms with Gasteiger partial charge in [0.05, 0.1) is 11.7 Å². The van der Waals surface area contributed by atoms with Crippen LogP contribution in [0.4, 0.5) is 0 Å². The first-order chi connectivity index (χ1) is 12.3. The molecule has 1 amide bonds. The molecule has 1 aromatic heterocycles. The highest BCUT2D eigenvalue weighted by atomic mass is 16.7. The minimum Gasteiger partial charge on any atom is -0.454 e. The van der Waals surface area contributed by atoms with Gasteiger partial charge in [-0.15, -0.1) is 0 Å². The number of ether oxygens (including phenoxy) is 2. The summed E-state index contributed by atoms with van der Waals surface area (Å²) >= 11 is 0. The van der Waals surface area contributed by atoms with Crippen molar-refractivity contribution in [3.63, 3.8) is 0 Å². The van der Waals surface area contributed by atoms with Crippen molar-refractivity contribution in [2.24, 2.45) is 0 Å². The molecule has 3 aromatic rings. The Kier molecular flexibility index (Phi) is 4.01. The fraction of sp³-hybridized carbons (Fsp3) is 0.263. The fourth-order valence-corrected chi connectivity index (χ4v) is 3.07. The maximum Gasteiger partial charge on any atom is 0.245 e. The van der Waals surface area contributed by atoms with Gasteiger partial charge >= 0.3 is 0 Å². The molecule has 0 fully saturated rings. The highest BCUT2D eigenvalue weighted by Gasteiger charge is 2.21. The van der Waals surface area contributed by atoms with Crippen LogP contribution in [0.2, 0.25) is 0 Å². The summed E-state index contributed by atoms with van der Waals surface area (Å²) in [5.74, 6) is 1.41. The number of nitrogens with one attached hydrogen (secondary N) is 1. The molecule has 0 bridgehead atoms. The molecule has 128 valence electrons. The van der Waals surface area contributed by atoms with Crippen LogP contribution in [0.5, 0.6) is 11.5 Å². The molecule has 0 saturated carbocycles. The van der Waals surface area contributed by atoms with Crippen LogP contribution < -0.4 is 14.8 Å². The predicted molar refractivity (Wildman–Crippen MR) is 93.5 cm³/mol. The van der Waals surface area contributed by atoms with Crippen LogP contribution in [0.1, 0.15) is 24.9 Å². The summed E-state index contributed by atoms with van der Waals surface area (Å²) in [5, 5.41) is 8.44. The van der Waals surface area contributed by atoms with Crippen molar-refractivity contribution in [3.8, 4) is 11.5 Å². The molecule has 1 atom stereocenters. The minimum absolute atomic E-state index is 0.0472. The Balaban J connectivity index is 1.49. The van der Waals surface area contributed by atoms with Crippen LogP contribution in [-0.4, -0.2) is 22.5 Å². The number of carbonyl (C=O) groups excluding carboxylic acids is 1. The van der Waals surface area contributed by atoms with Gasteiger partial charge in [0, 0.05) is 11.9 Å². The Morgan fingerprint density at radius 2 is 2.08 bits per heavy atom. The largest absolute Gasteiger partial charge is 0.454 e. The highest BCUT2D eigenvalue weighted by molar-refractivity contribution is 5.84. The summed E-state index contributed by atoms with van der Waals surface area (Å²) in [7, 11) is 0. The lowest BCUT2D eigenvalue weighted by Gasteiger charge is -2.17. The van der Waals surface area contributed by atoms with E-state index in [-0.39, 0.29) is 18.7 Å². The van der Waals surface area contributed by atoms with Crippen LogP contribution in [0.25, 0.3) is 10.9 Å². The van der Waals surface area contributed by atoms with E-state index in [9.17, 15) is 4.79 Å². The Labute approximate surface area is 145 Å². The average Bonchev–Trinajstić information content (AvgIpc) is 3.27. The number of hydrogen-bond donors (Lipinski definition) is 1. The number of carbonyl (C=O) groups is 1. The van der Waals surface area contributed by atoms with Crippen molar-refractivity contribution < 1.29 is 14.3 Å². The second-order valence-electron chi connectivity index (χ2n) is 5.98. The van der Waals surface area contributed by atoms with E-state index in [0.29, 0.717) is 13.0 Å². The fourth-order valence-electron chi connectivity index (χ4n) is 3.07. The molecular weight excluding hydrogens is 318 g/mol. The van der Waals surface area contributed by atoms with Crippen molar-refractivity contribution >= 4 is 16.8 Å². The quantitative estimate of drug-likeness (QED) is 0.777. The van der Waals surface area contributed by atoms with Gasteiger partial charge in [0.1, 0.15) is 6.04 Å². The lowest BCUT2D eigenvalue weighted by atomic mass is 10.1. The van der Waals surface area contributed by atoms with Gasteiger partial charge in [-0.2, -0.15) is 5.10 Å². The van der Waals surface area contributed by atoms with Gasteiger partial charge in [0.25, 0.3) is 0 Å². The molecule has 1 N–H and O–H groups in total. The minimum atomic E-state index is -0.339. The first-order valence-electron chi connectivity index (χ1n) is 8.34. The molecule has 1 unspecified atom stereocenters. The van der Waals surface area contributed by atoms with Crippen LogP contribution in [0.15, 0.2) is 48.7 Å². The second-order valence-corrected chi connectivity index (χ2v) is 5.98. The van der Waals surface area contributed by atoms with E-state index >= 15 is 0 Å². The summed E-state index contributed by atoms with van der Waals surface area (Å²) in [6.07, 6.45) is 2.46. The Bertz CT molecular complexity index is 919. The molecule has 6 heteroatoms. The maximum atomic E-state index is 12.7. The molecule has 4 rings (SSSR count). The first kappa shape index (κ1) is 15.5. The molecule has 25 heavy (non-hydrogen) atoms. The lowest BCUT2D eigenvalue weighted by Crippen LogP contribution is -2.32. The number of nitrogens with zero attached hydrogens (tertiary/aromatic N) is 2. The number of hydrogen-bond acceptors (Lipinski definition) is 4. The molecule has 2 aromatic carbocycles. The number of fused-ring (bicyclic) bond motifs is 2. The van der Waals surface area contributed by atoms with E-state index in [1.54, 1.807) is 10.9 Å². The zero-order valence-corrected chi connectivity index (χ0v) is 13.9. The first-order valence-corrected chi connectivity index (χ1v) is 8.34. The third kappa shape index (κ3) is 2.91. The molecule has 0 spiro atoms. The Morgan fingerprint density at radius 1 is 1.24 bits per heavy atom. The lowest BCUT2D eigenvalue weighted by molar-refractivity contribution is -0.124. The van der Waals surface area contributed by atoms with Crippen LogP contribution in [-0.2, 0) is 11.3 Å². The van der Waals surface area contributed by atoms with E-state index in [4.69, 9.17) is 9.47 Å². The standard InChI is InChI=1S/C19H19N3O3/c1-2-15(22-16-6-4-3-5-14(16)11-21-22)19(23)20-10-13-7-8-17-18(9-13)25-12-24-17/h3-9,11,15H,2,10,12H2,1H3,(H,20,23). The van der Waals surface area contributed by atoms with Crippen molar-refractivity contribution in [1.29, 1.82) is 0 Å². The van der Waals surface area contributed by atoms with Crippen LogP contribution in [0.3, 0.4) is 0 Å². The zero-order chi connectivity index (χ0) is 17.2. The third-order valence-corrected chi connectivity index (χ3v) is 4.39. The van der Waals surface area contributed by atoms with E-state index in [2.05, 4.69) is 10.4 Å². The van der Waals surface area contributed by atoms with Crippen molar-refractivity contribution in [2.75, 3.05) is 6.79 Å². The predicted octanol–water partition coefficient (Wildman–Crippen LogP) is 3.03. The van der Waals surface area contributed by atoms with E-state index in [0.717, 1.165) is 28.0 Å². The maximum absolute atomic E-state index is 12.7. The molecule has 0 aliphatic carbocycles. The van der Waals surface area contributed by atoms with E-state index < -0.39 is 0 Å². The molecule has 0 saturated heterocycles. The molecule has 1 aliphatic heterocycles. The van der Waals surface area contributed by atoms with Gasteiger partial charge in [-0.05, 0) is 30.2 Å². The number of benzene rings is 2. The topological polar surface area (TPSA) is 65.4 Å². The summed E-state index contributed by atoms with van der Waals surface area (Å²) in [4.78, 5) is 12.7. The van der Waals surface area contributed by atoms with Crippen molar-refractivity contribution in [1.82, 2.24) is 15.1 Å². The summed E-state index contributed by atoms with van der Waals surface area (Å²) in [5.41, 5.74) is 1.94. The van der Waals surface area contributed by atoms with Crippen LogP contribution in [0, 0.1) is 0 Å². The Hall–Kier alpha value is -3.02. The van der Waals surface area contributed by atoms with Gasteiger partial charge in [-0.3, -0.25) is 9.48 Å². The summed E-state index contributed by atoms with van der Waals surface area (Å²) in [6.45, 7) is 2.67. The van der Waals surface area contributed by atoms with Crippen LogP contribution >= 0.6 is 0 Å². The van der Waals surface area contributed by atoms with Crippen molar-refractivity contribution in [3.05, 3.63) is 54.2 Å². The third-order valence-electron chi connectivity index (χ3n) is 4.39. The van der Waals surface area contributed by atoms with E-state index in [1.807, 2.05) is 49.4 Å². The number of aromatic nitrogens is 2. The van der Waals surface area contributed by atoms with Gasteiger partial charge in [0.15, 0.2) is 11.5 Å². The SMILES string of the molecule is CCC(C(=O)NCc1ccc2c(c1)OCO2)n1ncc2ccccc21. The molecular formula is C19H19N3O3. The molecule has 0 radical (unpaired) electrons. The number of rotatable bonds is 5. The summed E-state index contributed by atoms with van der Waals surface area (Å²) in [6, 6.07) is 13.3. The second kappa shape index (κ2) is 6.47. The number of amides is 1. The molecule has 2 heterocycles. The molecule has 6 nitrogen and oxygen atoms in total. The summed E-state index contributed by atoms with van der Waals surface area (Å²) < 4.78 is 12.5. The zero-order valence-electron chi connectivity index (χ0n) is 13.9. The van der Waals surface area contributed by atoms with Crippen molar-refractivity contribution in [2.45, 2.75) is 25.9 Å². The van der Waals surface area contributed by atoms with E-state index in [1.165, 1.54) is 0 Å². The van der Waals surface area contributed by atoms with Gasteiger partial charge in [0.2, 0.25) is 12.7 Å².